The molecule has 0 saturated heterocycles. The standard InChI is InChI=1S/C8H15N.CH3.2Y/c1-4-6-9-7-8(3)5-2;;;/h4,9H,6-7H2,1-3H3;1H3;;/q-2;-1;;+3. The molecule has 3 heteroatoms. The van der Waals surface area contributed by atoms with E-state index in [9.17, 15) is 0 Å². The van der Waals surface area contributed by atoms with E-state index in [1.165, 1.54) is 5.57 Å². The van der Waals surface area contributed by atoms with E-state index in [-0.39, 0.29) is 72.8 Å². The van der Waals surface area contributed by atoms with Crippen LogP contribution in [0.4, 0.5) is 0 Å². The van der Waals surface area contributed by atoms with Gasteiger partial charge in [0.1, 0.15) is 0 Å². The van der Waals surface area contributed by atoms with Crippen LogP contribution in [-0.2, 0) is 65.4 Å². The summed E-state index contributed by atoms with van der Waals surface area (Å²) in [6.45, 7) is 8.00. The minimum Gasteiger partial charge on any atom is -0.499 e. The first-order valence-corrected chi connectivity index (χ1v) is 3.30. The van der Waals surface area contributed by atoms with Crippen molar-refractivity contribution in [2.75, 3.05) is 13.1 Å². The molecule has 1 N–H and O–H groups in total. The van der Waals surface area contributed by atoms with E-state index in [2.05, 4.69) is 24.7 Å². The fourth-order valence-electron chi connectivity index (χ4n) is 0.492. The van der Waals surface area contributed by atoms with Crippen molar-refractivity contribution in [2.45, 2.75) is 20.8 Å². The van der Waals surface area contributed by atoms with Crippen LogP contribution < -0.4 is 5.32 Å². The van der Waals surface area contributed by atoms with Gasteiger partial charge in [0, 0.05) is 32.7 Å². The van der Waals surface area contributed by atoms with E-state index < -0.39 is 0 Å². The van der Waals surface area contributed by atoms with Crippen molar-refractivity contribution in [1.29, 1.82) is 0 Å². The van der Waals surface area contributed by atoms with E-state index in [0.717, 1.165) is 13.1 Å². The third-order valence-corrected chi connectivity index (χ3v) is 1.17. The average molecular weight is 318 g/mol. The molecule has 0 aliphatic carbocycles. The molecule has 0 saturated carbocycles. The number of allylic oxidation sites excluding steroid dienone is 1. The topological polar surface area (TPSA) is 12.0 Å². The zero-order valence-corrected chi connectivity index (χ0v) is 14.3. The Morgan fingerprint density at radius 1 is 1.50 bits per heavy atom. The summed E-state index contributed by atoms with van der Waals surface area (Å²) in [6, 6.07) is 0. The van der Waals surface area contributed by atoms with Crippen molar-refractivity contribution in [3.8, 4) is 0 Å². The smallest absolute Gasteiger partial charge is 0.499 e. The molecule has 1 nitrogen and oxygen atoms in total. The summed E-state index contributed by atoms with van der Waals surface area (Å²) in [4.78, 5) is 0. The van der Waals surface area contributed by atoms with Gasteiger partial charge in [-0.1, -0.05) is 6.92 Å². The fraction of sp³-hybridized carbons (Fsp3) is 0.556. The Balaban J connectivity index is -0.000000107. The van der Waals surface area contributed by atoms with E-state index in [4.69, 9.17) is 0 Å². The van der Waals surface area contributed by atoms with Crippen LogP contribution in [0.1, 0.15) is 20.8 Å². The number of hydrogen-bond donors (Lipinski definition) is 1. The van der Waals surface area contributed by atoms with Crippen LogP contribution in [0.25, 0.3) is 0 Å². The molecular formula is C9H18NY2. The van der Waals surface area contributed by atoms with Gasteiger partial charge in [0.25, 0.3) is 0 Å². The summed E-state index contributed by atoms with van der Waals surface area (Å²) < 4.78 is 0. The zero-order valence-electron chi connectivity index (χ0n) is 8.65. The Kier molecular flexibility index (Phi) is 36.7. The van der Waals surface area contributed by atoms with Gasteiger partial charge in [-0.15, -0.1) is 6.54 Å². The summed E-state index contributed by atoms with van der Waals surface area (Å²) in [7, 11) is 0. The summed E-state index contributed by atoms with van der Waals surface area (Å²) in [5, 5.41) is 3.23. The van der Waals surface area contributed by atoms with Crippen molar-refractivity contribution in [2.24, 2.45) is 0 Å². The quantitative estimate of drug-likeness (QED) is 0.618. The van der Waals surface area contributed by atoms with Gasteiger partial charge in [0.2, 0.25) is 0 Å². The van der Waals surface area contributed by atoms with Gasteiger partial charge in [0.15, 0.2) is 0 Å². The molecule has 12 heavy (non-hydrogen) atoms. The van der Waals surface area contributed by atoms with Crippen LogP contribution in [0.15, 0.2) is 5.57 Å². The summed E-state index contributed by atoms with van der Waals surface area (Å²) >= 11 is 0. The van der Waals surface area contributed by atoms with Crippen LogP contribution in [-0.4, -0.2) is 13.1 Å². The average Bonchev–Trinajstić information content (AvgIpc) is 1.89. The van der Waals surface area contributed by atoms with Crippen LogP contribution in [0.2, 0.25) is 0 Å². The SMILES string of the molecule is C[C-]=C(C)CNC[CH-]C.[CH3-].[Y+3].[Y]. The Labute approximate surface area is 128 Å². The molecule has 0 fully saturated rings. The molecule has 0 aromatic carbocycles. The largest absolute Gasteiger partial charge is 3.00 e. The van der Waals surface area contributed by atoms with Crippen molar-refractivity contribution >= 4 is 0 Å². The molecular weight excluding hydrogens is 300 g/mol. The van der Waals surface area contributed by atoms with Gasteiger partial charge in [0.05, 0.1) is 0 Å². The minimum atomic E-state index is 0. The maximum atomic E-state index is 3.23. The first-order chi connectivity index (χ1) is 4.31. The predicted octanol–water partition coefficient (Wildman–Crippen LogP) is 2.01. The second-order valence-corrected chi connectivity index (χ2v) is 2.07. The Morgan fingerprint density at radius 3 is 2.33 bits per heavy atom. The predicted molar refractivity (Wildman–Crippen MR) is 47.4 cm³/mol. The van der Waals surface area contributed by atoms with E-state index in [1.54, 1.807) is 0 Å². The number of rotatable bonds is 4. The van der Waals surface area contributed by atoms with E-state index in [1.807, 2.05) is 13.8 Å². The fourth-order valence-corrected chi connectivity index (χ4v) is 0.492. The van der Waals surface area contributed by atoms with Crippen molar-refractivity contribution in [1.82, 2.24) is 5.32 Å². The Morgan fingerprint density at radius 2 is 2.00 bits per heavy atom. The van der Waals surface area contributed by atoms with Gasteiger partial charge in [-0.05, 0) is 6.54 Å². The van der Waals surface area contributed by atoms with Gasteiger partial charge in [-0.3, -0.25) is 0 Å². The summed E-state index contributed by atoms with van der Waals surface area (Å²) in [5.74, 6) is 0. The molecule has 0 bridgehead atoms. The Bertz CT molecular complexity index is 92.5. The van der Waals surface area contributed by atoms with E-state index in [0.29, 0.717) is 0 Å². The van der Waals surface area contributed by atoms with Crippen LogP contribution >= 0.6 is 0 Å². The molecule has 0 aliphatic heterocycles. The third kappa shape index (κ3) is 17.9. The van der Waals surface area contributed by atoms with Crippen molar-refractivity contribution in [3.63, 3.8) is 0 Å². The summed E-state index contributed by atoms with van der Waals surface area (Å²) in [6.07, 6.45) is 5.16. The minimum absolute atomic E-state index is 0. The normalized spacial score (nSPS) is 9.08. The second-order valence-electron chi connectivity index (χ2n) is 2.07. The zero-order chi connectivity index (χ0) is 7.11. The first-order valence-electron chi connectivity index (χ1n) is 3.30. The van der Waals surface area contributed by atoms with E-state index >= 15 is 0 Å². The maximum Gasteiger partial charge on any atom is 3.00 e. The van der Waals surface area contributed by atoms with Crippen molar-refractivity contribution in [3.05, 3.63) is 25.5 Å². The van der Waals surface area contributed by atoms with Gasteiger partial charge in [-0.2, -0.15) is 13.8 Å². The molecule has 0 spiro atoms. The van der Waals surface area contributed by atoms with Crippen LogP contribution in [0, 0.1) is 19.9 Å². The molecule has 0 atom stereocenters. The molecule has 0 aromatic heterocycles. The molecule has 0 unspecified atom stereocenters. The van der Waals surface area contributed by atoms with Gasteiger partial charge >= 0.3 is 32.7 Å². The van der Waals surface area contributed by atoms with Crippen LogP contribution in [0.5, 0.6) is 0 Å². The molecule has 0 amide bonds. The monoisotopic (exact) mass is 318 g/mol. The van der Waals surface area contributed by atoms with Crippen molar-refractivity contribution < 1.29 is 65.4 Å². The molecule has 0 rings (SSSR count). The molecule has 0 heterocycles. The number of nitrogens with one attached hydrogen (secondary N) is 1. The molecule has 0 aromatic rings. The van der Waals surface area contributed by atoms with Gasteiger partial charge in [-0.25, -0.2) is 5.57 Å². The first kappa shape index (κ1) is 23.6. The Hall–Kier alpha value is 1.91. The number of hydrogen-bond acceptors (Lipinski definition) is 1. The van der Waals surface area contributed by atoms with Gasteiger partial charge < -0.3 is 25.2 Å². The maximum absolute atomic E-state index is 3.23. The third-order valence-electron chi connectivity index (χ3n) is 1.17. The second kappa shape index (κ2) is 18.6. The van der Waals surface area contributed by atoms with Crippen LogP contribution in [0.3, 0.4) is 0 Å². The molecule has 0 aliphatic rings. The summed E-state index contributed by atoms with van der Waals surface area (Å²) in [5.41, 5.74) is 1.27. The molecule has 1 radical (unpaired) electrons. The molecule has 65 valence electrons.